The average molecular weight is 353 g/mol. The molecule has 0 radical (unpaired) electrons. The Labute approximate surface area is 153 Å². The molecule has 1 aliphatic rings. The number of nitrogens with one attached hydrogen (secondary N) is 1. The maximum atomic E-state index is 12.5. The lowest BCUT2D eigenvalue weighted by atomic mass is 10.1. The minimum atomic E-state index is -0.132. The van der Waals surface area contributed by atoms with Crippen molar-refractivity contribution in [1.29, 1.82) is 0 Å². The van der Waals surface area contributed by atoms with Gasteiger partial charge in [-0.05, 0) is 30.3 Å². The molecule has 0 aromatic heterocycles. The number of nitrogens with zero attached hydrogens (tertiary/aromatic N) is 2. The first-order valence-electron chi connectivity index (χ1n) is 8.66. The van der Waals surface area contributed by atoms with Gasteiger partial charge in [0, 0.05) is 37.1 Å². The second-order valence-corrected chi connectivity index (χ2v) is 6.23. The summed E-state index contributed by atoms with van der Waals surface area (Å²) in [6.45, 7) is 2.54. The number of para-hydroxylation sites is 1. The van der Waals surface area contributed by atoms with Gasteiger partial charge in [-0.15, -0.1) is 0 Å². The summed E-state index contributed by atoms with van der Waals surface area (Å²) in [5.74, 6) is -0.168. The second kappa shape index (κ2) is 8.49. The van der Waals surface area contributed by atoms with Gasteiger partial charge >= 0.3 is 0 Å². The summed E-state index contributed by atoms with van der Waals surface area (Å²) in [6.07, 6.45) is 0. The third-order valence-electron chi connectivity index (χ3n) is 4.27. The molecule has 0 bridgehead atoms. The lowest BCUT2D eigenvalue weighted by Gasteiger charge is -2.27. The number of rotatable bonds is 5. The molecule has 2 amide bonds. The van der Waals surface area contributed by atoms with E-state index in [1.807, 2.05) is 42.3 Å². The van der Waals surface area contributed by atoms with Crippen LogP contribution >= 0.6 is 0 Å². The number of hydrogen-bond acceptors (Lipinski definition) is 4. The van der Waals surface area contributed by atoms with Gasteiger partial charge in [0.2, 0.25) is 5.91 Å². The number of ether oxygens (including phenoxy) is 1. The summed E-state index contributed by atoms with van der Waals surface area (Å²) in [5, 5.41) is 2.86. The van der Waals surface area contributed by atoms with Crippen LogP contribution in [0.5, 0.6) is 0 Å². The van der Waals surface area contributed by atoms with Crippen LogP contribution in [0.2, 0.25) is 0 Å². The van der Waals surface area contributed by atoms with Gasteiger partial charge in [0.05, 0.1) is 19.8 Å². The summed E-state index contributed by atoms with van der Waals surface area (Å²) in [5.41, 5.74) is 2.16. The molecule has 1 saturated heterocycles. The molecule has 1 fully saturated rings. The molecular formula is C20H23N3O3. The Morgan fingerprint density at radius 1 is 1.08 bits per heavy atom. The van der Waals surface area contributed by atoms with Crippen molar-refractivity contribution in [2.45, 2.75) is 0 Å². The van der Waals surface area contributed by atoms with Crippen LogP contribution in [-0.4, -0.2) is 56.6 Å². The summed E-state index contributed by atoms with van der Waals surface area (Å²) in [4.78, 5) is 28.5. The number of likely N-dealkylation sites (N-methyl/N-ethyl adjacent to an activating group) is 1. The molecule has 0 saturated carbocycles. The third-order valence-corrected chi connectivity index (χ3v) is 4.27. The van der Waals surface area contributed by atoms with Gasteiger partial charge in [-0.1, -0.05) is 24.3 Å². The van der Waals surface area contributed by atoms with Gasteiger partial charge in [-0.3, -0.25) is 9.59 Å². The van der Waals surface area contributed by atoms with Gasteiger partial charge < -0.3 is 19.9 Å². The lowest BCUT2D eigenvalue weighted by molar-refractivity contribution is -0.114. The van der Waals surface area contributed by atoms with Gasteiger partial charge in [-0.25, -0.2) is 0 Å². The van der Waals surface area contributed by atoms with E-state index >= 15 is 0 Å². The fraction of sp³-hybridized carbons (Fsp3) is 0.300. The van der Waals surface area contributed by atoms with Gasteiger partial charge in [-0.2, -0.15) is 0 Å². The van der Waals surface area contributed by atoms with Gasteiger partial charge in [0.25, 0.3) is 5.91 Å². The number of hydrogen-bond donors (Lipinski definition) is 1. The second-order valence-electron chi connectivity index (χ2n) is 6.23. The molecule has 0 spiro atoms. The summed E-state index contributed by atoms with van der Waals surface area (Å²) in [7, 11) is 1.87. The molecule has 2 aromatic carbocycles. The van der Waals surface area contributed by atoms with Gasteiger partial charge in [0.15, 0.2) is 0 Å². The van der Waals surface area contributed by atoms with Gasteiger partial charge in [0.1, 0.15) is 0 Å². The van der Waals surface area contributed by atoms with Crippen molar-refractivity contribution in [3.05, 3.63) is 60.2 Å². The van der Waals surface area contributed by atoms with E-state index in [9.17, 15) is 9.59 Å². The summed E-state index contributed by atoms with van der Waals surface area (Å²) < 4.78 is 5.28. The Morgan fingerprint density at radius 3 is 2.54 bits per heavy atom. The van der Waals surface area contributed by atoms with Crippen molar-refractivity contribution in [2.75, 3.05) is 50.1 Å². The molecule has 1 heterocycles. The van der Waals surface area contributed by atoms with E-state index in [2.05, 4.69) is 5.32 Å². The molecule has 1 aliphatic heterocycles. The molecule has 136 valence electrons. The first kappa shape index (κ1) is 17.9. The molecule has 2 aromatic rings. The lowest BCUT2D eigenvalue weighted by Crippen LogP contribution is -2.40. The van der Waals surface area contributed by atoms with E-state index < -0.39 is 0 Å². The van der Waals surface area contributed by atoms with Crippen LogP contribution < -0.4 is 10.2 Å². The Bertz CT molecular complexity index is 758. The molecule has 6 heteroatoms. The molecule has 6 nitrogen and oxygen atoms in total. The van der Waals surface area contributed by atoms with E-state index in [-0.39, 0.29) is 18.4 Å². The molecule has 0 unspecified atom stereocenters. The topological polar surface area (TPSA) is 61.9 Å². The van der Waals surface area contributed by atoms with Crippen LogP contribution in [0.1, 0.15) is 10.4 Å². The highest BCUT2D eigenvalue weighted by atomic mass is 16.5. The first-order chi connectivity index (χ1) is 12.6. The number of amides is 2. The van der Waals surface area contributed by atoms with Crippen molar-refractivity contribution in [2.24, 2.45) is 0 Å². The summed E-state index contributed by atoms with van der Waals surface area (Å²) >= 11 is 0. The Morgan fingerprint density at radius 2 is 1.81 bits per heavy atom. The van der Waals surface area contributed by atoms with Crippen molar-refractivity contribution in [3.63, 3.8) is 0 Å². The third kappa shape index (κ3) is 4.61. The minimum Gasteiger partial charge on any atom is -0.378 e. The van der Waals surface area contributed by atoms with E-state index in [0.717, 1.165) is 5.69 Å². The van der Waals surface area contributed by atoms with Crippen LogP contribution in [-0.2, 0) is 9.53 Å². The SMILES string of the molecule is CN(CC(=O)Nc1cccc(C(=O)N2CCOCC2)c1)c1ccccc1. The van der Waals surface area contributed by atoms with Crippen molar-refractivity contribution >= 4 is 23.2 Å². The number of carbonyl (C=O) groups excluding carboxylic acids is 2. The van der Waals surface area contributed by atoms with Crippen molar-refractivity contribution in [1.82, 2.24) is 4.90 Å². The zero-order valence-corrected chi connectivity index (χ0v) is 14.9. The molecule has 0 atom stereocenters. The van der Waals surface area contributed by atoms with Crippen LogP contribution in [0.15, 0.2) is 54.6 Å². The number of benzene rings is 2. The van der Waals surface area contributed by atoms with Crippen LogP contribution in [0.3, 0.4) is 0 Å². The minimum absolute atomic E-state index is 0.0363. The Balaban J connectivity index is 1.61. The van der Waals surface area contributed by atoms with Crippen LogP contribution in [0, 0.1) is 0 Å². The molecular weight excluding hydrogens is 330 g/mol. The maximum absolute atomic E-state index is 12.5. The fourth-order valence-corrected chi connectivity index (χ4v) is 2.87. The quantitative estimate of drug-likeness (QED) is 0.895. The standard InChI is InChI=1S/C20H23N3O3/c1-22(18-8-3-2-4-9-18)15-19(24)21-17-7-5-6-16(14-17)20(25)23-10-12-26-13-11-23/h2-9,14H,10-13,15H2,1H3,(H,21,24). The maximum Gasteiger partial charge on any atom is 0.254 e. The highest BCUT2D eigenvalue weighted by Crippen LogP contribution is 2.15. The normalized spacial score (nSPS) is 14.0. The van der Waals surface area contributed by atoms with E-state index in [4.69, 9.17) is 4.74 Å². The Kier molecular flexibility index (Phi) is 5.86. The zero-order chi connectivity index (χ0) is 18.4. The highest BCUT2D eigenvalue weighted by molar-refractivity contribution is 5.98. The number of anilines is 2. The van der Waals surface area contributed by atoms with Crippen LogP contribution in [0.25, 0.3) is 0 Å². The smallest absolute Gasteiger partial charge is 0.254 e. The molecule has 0 aliphatic carbocycles. The monoisotopic (exact) mass is 353 g/mol. The predicted molar refractivity (Wildman–Crippen MR) is 102 cm³/mol. The van der Waals surface area contributed by atoms with E-state index in [1.165, 1.54) is 0 Å². The predicted octanol–water partition coefficient (Wildman–Crippen LogP) is 2.23. The van der Waals surface area contributed by atoms with E-state index in [0.29, 0.717) is 37.6 Å². The number of morpholine rings is 1. The highest BCUT2D eigenvalue weighted by Gasteiger charge is 2.19. The molecule has 3 rings (SSSR count). The first-order valence-corrected chi connectivity index (χ1v) is 8.66. The summed E-state index contributed by atoms with van der Waals surface area (Å²) in [6, 6.07) is 16.8. The number of carbonyl (C=O) groups is 2. The molecule has 1 N–H and O–H groups in total. The largest absolute Gasteiger partial charge is 0.378 e. The zero-order valence-electron chi connectivity index (χ0n) is 14.9. The average Bonchev–Trinajstić information content (AvgIpc) is 2.69. The van der Waals surface area contributed by atoms with E-state index in [1.54, 1.807) is 29.2 Å². The fourth-order valence-electron chi connectivity index (χ4n) is 2.87. The van der Waals surface area contributed by atoms with Crippen LogP contribution in [0.4, 0.5) is 11.4 Å². The van der Waals surface area contributed by atoms with Crippen molar-refractivity contribution in [3.8, 4) is 0 Å². The molecule has 26 heavy (non-hydrogen) atoms. The Hall–Kier alpha value is -2.86. The van der Waals surface area contributed by atoms with Crippen molar-refractivity contribution < 1.29 is 14.3 Å².